The maximum Gasteiger partial charge on any atom is 0.0588 e. The highest BCUT2D eigenvalue weighted by Gasteiger charge is 2.28. The van der Waals surface area contributed by atoms with Gasteiger partial charge >= 0.3 is 0 Å². The van der Waals surface area contributed by atoms with E-state index in [0.29, 0.717) is 18.1 Å². The molecule has 1 N–H and O–H groups in total. The third-order valence-electron chi connectivity index (χ3n) is 5.41. The first-order valence-corrected chi connectivity index (χ1v) is 8.74. The van der Waals surface area contributed by atoms with Gasteiger partial charge in [-0.2, -0.15) is 0 Å². The van der Waals surface area contributed by atoms with E-state index in [1.165, 1.54) is 44.1 Å². The van der Waals surface area contributed by atoms with Crippen LogP contribution in [-0.4, -0.2) is 19.3 Å². The summed E-state index contributed by atoms with van der Waals surface area (Å²) in [5, 5.41) is 3.90. The van der Waals surface area contributed by atoms with Crippen LogP contribution in [0.2, 0.25) is 0 Å². The van der Waals surface area contributed by atoms with Gasteiger partial charge in [0.2, 0.25) is 0 Å². The molecule has 2 aliphatic rings. The van der Waals surface area contributed by atoms with Crippen molar-refractivity contribution in [3.05, 3.63) is 35.9 Å². The van der Waals surface area contributed by atoms with E-state index in [-0.39, 0.29) is 0 Å². The molecule has 2 nitrogen and oxygen atoms in total. The van der Waals surface area contributed by atoms with E-state index in [2.05, 4.69) is 42.6 Å². The average Bonchev–Trinajstić information content (AvgIpc) is 2.95. The van der Waals surface area contributed by atoms with Gasteiger partial charge in [0.15, 0.2) is 0 Å². The van der Waals surface area contributed by atoms with E-state index in [4.69, 9.17) is 4.74 Å². The highest BCUT2D eigenvalue weighted by Crippen LogP contribution is 2.35. The van der Waals surface area contributed by atoms with Crippen LogP contribution in [0.25, 0.3) is 0 Å². The lowest BCUT2D eigenvalue weighted by Gasteiger charge is -2.32. The first-order valence-electron chi connectivity index (χ1n) is 8.74. The van der Waals surface area contributed by atoms with Gasteiger partial charge in [0.25, 0.3) is 0 Å². The van der Waals surface area contributed by atoms with Crippen LogP contribution in [0.5, 0.6) is 0 Å². The second kappa shape index (κ2) is 7.42. The smallest absolute Gasteiger partial charge is 0.0588 e. The van der Waals surface area contributed by atoms with Gasteiger partial charge in [-0.25, -0.2) is 0 Å². The largest absolute Gasteiger partial charge is 0.378 e. The van der Waals surface area contributed by atoms with Crippen molar-refractivity contribution in [1.29, 1.82) is 0 Å². The molecular formula is C19H29NO. The van der Waals surface area contributed by atoms with E-state index in [1.807, 2.05) is 0 Å². The van der Waals surface area contributed by atoms with E-state index in [1.54, 1.807) is 0 Å². The molecule has 2 heteroatoms. The summed E-state index contributed by atoms with van der Waals surface area (Å²) in [7, 11) is 0. The molecule has 116 valence electrons. The van der Waals surface area contributed by atoms with Crippen molar-refractivity contribution in [1.82, 2.24) is 5.32 Å². The van der Waals surface area contributed by atoms with Crippen LogP contribution < -0.4 is 5.32 Å². The molecule has 0 spiro atoms. The van der Waals surface area contributed by atoms with E-state index in [9.17, 15) is 0 Å². The SMILES string of the molecule is CC1OCCC1CNC(c1ccccc1)C1CCCCC1. The highest BCUT2D eigenvalue weighted by molar-refractivity contribution is 5.20. The molecule has 0 bridgehead atoms. The summed E-state index contributed by atoms with van der Waals surface area (Å²) in [6.07, 6.45) is 8.61. The quantitative estimate of drug-likeness (QED) is 0.870. The van der Waals surface area contributed by atoms with Gasteiger partial charge in [0, 0.05) is 19.2 Å². The van der Waals surface area contributed by atoms with Gasteiger partial charge in [0.1, 0.15) is 0 Å². The van der Waals surface area contributed by atoms with Crippen molar-refractivity contribution in [2.45, 2.75) is 57.6 Å². The van der Waals surface area contributed by atoms with Crippen molar-refractivity contribution in [3.8, 4) is 0 Å². The molecule has 0 amide bonds. The molecule has 1 aromatic rings. The number of hydrogen-bond donors (Lipinski definition) is 1. The summed E-state index contributed by atoms with van der Waals surface area (Å²) in [6, 6.07) is 11.6. The van der Waals surface area contributed by atoms with Crippen LogP contribution in [0, 0.1) is 11.8 Å². The predicted octanol–water partition coefficient (Wildman–Crippen LogP) is 4.32. The Balaban J connectivity index is 1.66. The molecule has 21 heavy (non-hydrogen) atoms. The zero-order valence-electron chi connectivity index (χ0n) is 13.3. The summed E-state index contributed by atoms with van der Waals surface area (Å²) in [6.45, 7) is 4.25. The normalized spacial score (nSPS) is 28.6. The molecule has 3 atom stereocenters. The zero-order chi connectivity index (χ0) is 14.5. The maximum atomic E-state index is 5.71. The first-order chi connectivity index (χ1) is 10.3. The molecule has 3 unspecified atom stereocenters. The van der Waals surface area contributed by atoms with Gasteiger partial charge in [-0.1, -0.05) is 49.6 Å². The first kappa shape index (κ1) is 15.1. The minimum Gasteiger partial charge on any atom is -0.378 e. The Morgan fingerprint density at radius 3 is 2.52 bits per heavy atom. The van der Waals surface area contributed by atoms with Crippen molar-refractivity contribution < 1.29 is 4.74 Å². The lowest BCUT2D eigenvalue weighted by Crippen LogP contribution is -2.35. The van der Waals surface area contributed by atoms with Crippen LogP contribution in [0.3, 0.4) is 0 Å². The van der Waals surface area contributed by atoms with Crippen molar-refractivity contribution in [3.63, 3.8) is 0 Å². The fraction of sp³-hybridized carbons (Fsp3) is 0.684. The minimum atomic E-state index is 0.417. The summed E-state index contributed by atoms with van der Waals surface area (Å²) < 4.78 is 5.71. The van der Waals surface area contributed by atoms with Crippen LogP contribution >= 0.6 is 0 Å². The Labute approximate surface area is 129 Å². The third kappa shape index (κ3) is 3.87. The Bertz CT molecular complexity index is 413. The Kier molecular flexibility index (Phi) is 5.32. The summed E-state index contributed by atoms with van der Waals surface area (Å²) in [5.74, 6) is 1.48. The van der Waals surface area contributed by atoms with Crippen molar-refractivity contribution >= 4 is 0 Å². The van der Waals surface area contributed by atoms with E-state index in [0.717, 1.165) is 19.1 Å². The molecule has 1 heterocycles. The molecule has 1 aliphatic carbocycles. The zero-order valence-corrected chi connectivity index (χ0v) is 13.3. The van der Waals surface area contributed by atoms with Gasteiger partial charge in [-0.05, 0) is 43.6 Å². The molecule has 0 aromatic heterocycles. The van der Waals surface area contributed by atoms with Crippen LogP contribution in [0.4, 0.5) is 0 Å². The Hall–Kier alpha value is -0.860. The number of ether oxygens (including phenoxy) is 1. The topological polar surface area (TPSA) is 21.3 Å². The highest BCUT2D eigenvalue weighted by atomic mass is 16.5. The van der Waals surface area contributed by atoms with Gasteiger partial charge in [-0.15, -0.1) is 0 Å². The fourth-order valence-corrected chi connectivity index (χ4v) is 4.01. The van der Waals surface area contributed by atoms with Crippen LogP contribution in [-0.2, 0) is 4.74 Å². The molecule has 0 radical (unpaired) electrons. The summed E-state index contributed by atoms with van der Waals surface area (Å²) in [5.41, 5.74) is 1.47. The van der Waals surface area contributed by atoms with Crippen LogP contribution in [0.15, 0.2) is 30.3 Å². The minimum absolute atomic E-state index is 0.417. The predicted molar refractivity (Wildman–Crippen MR) is 87.3 cm³/mol. The van der Waals surface area contributed by atoms with E-state index < -0.39 is 0 Å². The summed E-state index contributed by atoms with van der Waals surface area (Å²) >= 11 is 0. The van der Waals surface area contributed by atoms with E-state index >= 15 is 0 Å². The van der Waals surface area contributed by atoms with Crippen LogP contribution in [0.1, 0.15) is 57.1 Å². The Morgan fingerprint density at radius 2 is 1.86 bits per heavy atom. The second-order valence-electron chi connectivity index (χ2n) is 6.82. The molecular weight excluding hydrogens is 258 g/mol. The molecule has 1 aliphatic heterocycles. The monoisotopic (exact) mass is 287 g/mol. The number of benzene rings is 1. The van der Waals surface area contributed by atoms with Gasteiger partial charge < -0.3 is 10.1 Å². The molecule has 3 rings (SSSR count). The molecule has 1 aromatic carbocycles. The van der Waals surface area contributed by atoms with Gasteiger partial charge in [0.05, 0.1) is 6.10 Å². The second-order valence-corrected chi connectivity index (χ2v) is 6.82. The average molecular weight is 287 g/mol. The Morgan fingerprint density at radius 1 is 1.10 bits per heavy atom. The van der Waals surface area contributed by atoms with Crippen molar-refractivity contribution in [2.75, 3.05) is 13.2 Å². The number of rotatable bonds is 5. The third-order valence-corrected chi connectivity index (χ3v) is 5.41. The number of nitrogens with one attached hydrogen (secondary N) is 1. The molecule has 2 fully saturated rings. The number of hydrogen-bond acceptors (Lipinski definition) is 2. The molecule has 1 saturated carbocycles. The molecule has 1 saturated heterocycles. The lowest BCUT2D eigenvalue weighted by molar-refractivity contribution is 0.103. The fourth-order valence-electron chi connectivity index (χ4n) is 4.01. The lowest BCUT2D eigenvalue weighted by atomic mass is 9.81. The van der Waals surface area contributed by atoms with Gasteiger partial charge in [-0.3, -0.25) is 0 Å². The maximum absolute atomic E-state index is 5.71. The van der Waals surface area contributed by atoms with Crippen molar-refractivity contribution in [2.24, 2.45) is 11.8 Å². The standard InChI is InChI=1S/C19H29NO/c1-15-18(12-13-21-15)14-20-19(16-8-4-2-5-9-16)17-10-6-3-7-11-17/h2,4-5,8-9,15,17-20H,3,6-7,10-14H2,1H3. The summed E-state index contributed by atoms with van der Waals surface area (Å²) in [4.78, 5) is 0.